The van der Waals surface area contributed by atoms with Gasteiger partial charge < -0.3 is 9.47 Å². The smallest absolute Gasteiger partial charge is 0.318 e. The van der Waals surface area contributed by atoms with Crippen LogP contribution in [0.3, 0.4) is 0 Å². The molecule has 0 saturated carbocycles. The van der Waals surface area contributed by atoms with Gasteiger partial charge in [-0.05, 0) is 44.0 Å². The van der Waals surface area contributed by atoms with E-state index in [-0.39, 0.29) is 12.6 Å². The van der Waals surface area contributed by atoms with E-state index in [0.29, 0.717) is 11.0 Å². The van der Waals surface area contributed by atoms with E-state index in [2.05, 4.69) is 10.2 Å². The Bertz CT molecular complexity index is 937. The fourth-order valence-corrected chi connectivity index (χ4v) is 3.76. The highest BCUT2D eigenvalue weighted by Gasteiger charge is 2.22. The predicted octanol–water partition coefficient (Wildman–Crippen LogP) is 4.12. The Kier molecular flexibility index (Phi) is 6.36. The van der Waals surface area contributed by atoms with Gasteiger partial charge in [-0.15, -0.1) is 10.2 Å². The molecule has 1 heterocycles. The van der Waals surface area contributed by atoms with Gasteiger partial charge in [0, 0.05) is 5.69 Å². The van der Waals surface area contributed by atoms with Crippen molar-refractivity contribution in [3.05, 3.63) is 65.5 Å². The van der Waals surface area contributed by atoms with E-state index in [1.165, 1.54) is 18.9 Å². The molecule has 0 aliphatic carbocycles. The summed E-state index contributed by atoms with van der Waals surface area (Å²) in [5.41, 5.74) is 3.05. The number of ether oxygens (including phenoxy) is 2. The Hall–Kier alpha value is -2.80. The van der Waals surface area contributed by atoms with Crippen LogP contribution in [0.25, 0.3) is 5.69 Å². The molecule has 3 rings (SSSR count). The summed E-state index contributed by atoms with van der Waals surface area (Å²) >= 11 is 1.31. The lowest BCUT2D eigenvalue weighted by atomic mass is 10.1. The lowest BCUT2D eigenvalue weighted by Crippen LogP contribution is -2.16. The van der Waals surface area contributed by atoms with Gasteiger partial charge in [0.1, 0.15) is 17.6 Å². The largest absolute Gasteiger partial charge is 0.485 e. The maximum absolute atomic E-state index is 11.8. The molecule has 1 aromatic heterocycles. The van der Waals surface area contributed by atoms with Gasteiger partial charge >= 0.3 is 5.97 Å². The minimum atomic E-state index is -0.399. The zero-order chi connectivity index (χ0) is 20.1. The van der Waals surface area contributed by atoms with E-state index in [4.69, 9.17) is 9.47 Å². The molecule has 7 heteroatoms. The van der Waals surface area contributed by atoms with Crippen LogP contribution in [0.15, 0.2) is 53.7 Å². The number of aromatic nitrogens is 3. The molecule has 0 aliphatic heterocycles. The number of carbonyl (C=O) groups excluding carboxylic acids is 1. The first-order valence-electron chi connectivity index (χ1n) is 8.94. The van der Waals surface area contributed by atoms with Crippen LogP contribution in [-0.4, -0.2) is 33.1 Å². The first kappa shape index (κ1) is 19.9. The van der Waals surface area contributed by atoms with E-state index < -0.39 is 5.25 Å². The second kappa shape index (κ2) is 8.93. The summed E-state index contributed by atoms with van der Waals surface area (Å²) in [6.45, 7) is 6.08. The van der Waals surface area contributed by atoms with Crippen LogP contribution in [0.1, 0.15) is 23.9 Å². The van der Waals surface area contributed by atoms with Gasteiger partial charge in [-0.1, -0.05) is 48.2 Å². The van der Waals surface area contributed by atoms with E-state index in [9.17, 15) is 4.79 Å². The van der Waals surface area contributed by atoms with Crippen molar-refractivity contribution in [3.8, 4) is 11.4 Å². The summed E-state index contributed by atoms with van der Waals surface area (Å²) in [6.07, 6.45) is 0. The SMILES string of the molecule is COC(=O)C(C)Sc1nnc(COc2c(C)cccc2C)n1-c1ccccc1. The lowest BCUT2D eigenvalue weighted by molar-refractivity contribution is -0.139. The molecule has 1 atom stereocenters. The van der Waals surface area contributed by atoms with Crippen molar-refractivity contribution >= 4 is 17.7 Å². The molecule has 0 bridgehead atoms. The van der Waals surface area contributed by atoms with Crippen molar-refractivity contribution in [2.45, 2.75) is 37.8 Å². The van der Waals surface area contributed by atoms with E-state index in [0.717, 1.165) is 22.6 Å². The minimum absolute atomic E-state index is 0.265. The van der Waals surface area contributed by atoms with Crippen molar-refractivity contribution in [2.75, 3.05) is 7.11 Å². The molecule has 0 aliphatic rings. The number of esters is 1. The number of carbonyl (C=O) groups is 1. The molecule has 28 heavy (non-hydrogen) atoms. The molecule has 6 nitrogen and oxygen atoms in total. The van der Waals surface area contributed by atoms with E-state index in [1.54, 1.807) is 6.92 Å². The van der Waals surface area contributed by atoms with E-state index in [1.807, 2.05) is 66.9 Å². The number of nitrogens with zero attached hydrogens (tertiary/aromatic N) is 3. The van der Waals surface area contributed by atoms with Gasteiger partial charge in [-0.3, -0.25) is 9.36 Å². The van der Waals surface area contributed by atoms with Crippen LogP contribution in [0, 0.1) is 13.8 Å². The number of hydrogen-bond acceptors (Lipinski definition) is 6. The number of hydrogen-bond donors (Lipinski definition) is 0. The Labute approximate surface area is 168 Å². The molecule has 0 fully saturated rings. The van der Waals surface area contributed by atoms with Gasteiger partial charge in [0.2, 0.25) is 0 Å². The van der Waals surface area contributed by atoms with Crippen LogP contribution in [0.5, 0.6) is 5.75 Å². The van der Waals surface area contributed by atoms with Crippen LogP contribution < -0.4 is 4.74 Å². The minimum Gasteiger partial charge on any atom is -0.485 e. The van der Waals surface area contributed by atoms with Crippen molar-refractivity contribution in [1.82, 2.24) is 14.8 Å². The van der Waals surface area contributed by atoms with Gasteiger partial charge in [0.15, 0.2) is 11.0 Å². The molecule has 146 valence electrons. The van der Waals surface area contributed by atoms with Crippen LogP contribution >= 0.6 is 11.8 Å². The summed E-state index contributed by atoms with van der Waals surface area (Å²) in [6, 6.07) is 15.8. The van der Waals surface area contributed by atoms with Gasteiger partial charge in [-0.2, -0.15) is 0 Å². The number of methoxy groups -OCH3 is 1. The Morgan fingerprint density at radius 2 is 1.75 bits per heavy atom. The fourth-order valence-electron chi connectivity index (χ4n) is 2.84. The molecule has 0 radical (unpaired) electrons. The van der Waals surface area contributed by atoms with Gasteiger partial charge in [-0.25, -0.2) is 0 Å². The third-order valence-electron chi connectivity index (χ3n) is 4.28. The number of aryl methyl sites for hydroxylation is 2. The summed E-state index contributed by atoms with van der Waals surface area (Å²) in [4.78, 5) is 11.8. The van der Waals surface area contributed by atoms with E-state index >= 15 is 0 Å². The normalized spacial score (nSPS) is 11.9. The fraction of sp³-hybridized carbons (Fsp3) is 0.286. The first-order chi connectivity index (χ1) is 13.5. The summed E-state index contributed by atoms with van der Waals surface area (Å²) in [5.74, 6) is 1.21. The second-order valence-electron chi connectivity index (χ2n) is 6.36. The van der Waals surface area contributed by atoms with Crippen LogP contribution in [-0.2, 0) is 16.1 Å². The van der Waals surface area contributed by atoms with Crippen molar-refractivity contribution in [2.24, 2.45) is 0 Å². The molecule has 2 aromatic carbocycles. The average molecular weight is 398 g/mol. The second-order valence-corrected chi connectivity index (χ2v) is 7.67. The molecular weight excluding hydrogens is 374 g/mol. The topological polar surface area (TPSA) is 66.2 Å². The Morgan fingerprint density at radius 1 is 1.07 bits per heavy atom. The predicted molar refractivity (Wildman–Crippen MR) is 109 cm³/mol. The molecule has 3 aromatic rings. The Morgan fingerprint density at radius 3 is 2.39 bits per heavy atom. The number of thioether (sulfide) groups is 1. The number of rotatable bonds is 7. The zero-order valence-corrected chi connectivity index (χ0v) is 17.2. The zero-order valence-electron chi connectivity index (χ0n) is 16.4. The molecule has 0 saturated heterocycles. The van der Waals surface area contributed by atoms with Crippen LogP contribution in [0.2, 0.25) is 0 Å². The highest BCUT2D eigenvalue weighted by Crippen LogP contribution is 2.28. The van der Waals surface area contributed by atoms with Crippen molar-refractivity contribution < 1.29 is 14.3 Å². The molecule has 0 spiro atoms. The maximum Gasteiger partial charge on any atom is 0.318 e. The number of benzene rings is 2. The first-order valence-corrected chi connectivity index (χ1v) is 9.82. The molecule has 0 amide bonds. The van der Waals surface area contributed by atoms with Crippen LogP contribution in [0.4, 0.5) is 0 Å². The molecular formula is C21H23N3O3S. The van der Waals surface area contributed by atoms with Gasteiger partial charge in [0.25, 0.3) is 0 Å². The highest BCUT2D eigenvalue weighted by molar-refractivity contribution is 8.00. The monoisotopic (exact) mass is 397 g/mol. The summed E-state index contributed by atoms with van der Waals surface area (Å²) in [5, 5.41) is 8.83. The lowest BCUT2D eigenvalue weighted by Gasteiger charge is -2.14. The Balaban J connectivity index is 1.92. The molecule has 1 unspecified atom stereocenters. The maximum atomic E-state index is 11.8. The highest BCUT2D eigenvalue weighted by atomic mass is 32.2. The summed E-state index contributed by atoms with van der Waals surface area (Å²) < 4.78 is 12.8. The molecule has 0 N–H and O–H groups in total. The van der Waals surface area contributed by atoms with Gasteiger partial charge in [0.05, 0.1) is 7.11 Å². The third kappa shape index (κ3) is 4.36. The quantitative estimate of drug-likeness (QED) is 0.441. The number of para-hydroxylation sites is 2. The van der Waals surface area contributed by atoms with Crippen molar-refractivity contribution in [1.29, 1.82) is 0 Å². The average Bonchev–Trinajstić information content (AvgIpc) is 3.10. The summed E-state index contributed by atoms with van der Waals surface area (Å²) in [7, 11) is 1.38. The standard InChI is InChI=1S/C21H23N3O3S/c1-14-9-8-10-15(2)19(14)27-13-18-22-23-21(28-16(3)20(25)26-4)24(18)17-11-6-5-7-12-17/h5-12,16H,13H2,1-4H3. The third-order valence-corrected chi connectivity index (χ3v) is 5.31. The van der Waals surface area contributed by atoms with Crippen molar-refractivity contribution in [3.63, 3.8) is 0 Å².